The van der Waals surface area contributed by atoms with Gasteiger partial charge in [-0.05, 0) is 17.7 Å². The minimum absolute atomic E-state index is 0.0257. The highest BCUT2D eigenvalue weighted by atomic mass is 16.5. The number of methoxy groups -OCH3 is 2. The first-order chi connectivity index (χ1) is 9.44. The lowest BCUT2D eigenvalue weighted by molar-refractivity contribution is -0.131. The smallest absolute Gasteiger partial charge is 0.328 e. The summed E-state index contributed by atoms with van der Waals surface area (Å²) in [6.07, 6.45) is 0.858. The second-order valence-electron chi connectivity index (χ2n) is 3.72. The number of carboxylic acid groups (broad SMARTS) is 1. The molecule has 1 rings (SSSR count). The van der Waals surface area contributed by atoms with Gasteiger partial charge in [0.05, 0.1) is 25.9 Å². The molecule has 0 aromatic heterocycles. The van der Waals surface area contributed by atoms with E-state index in [1.165, 1.54) is 26.4 Å². The Hall–Kier alpha value is -2.94. The number of hydrogen-bond donors (Lipinski definition) is 2. The van der Waals surface area contributed by atoms with E-state index < -0.39 is 5.97 Å². The highest BCUT2D eigenvalue weighted by molar-refractivity contribution is 5.96. The standard InChI is InChI=1S/C14H13NO5/c1-8(7-15)10(6-13(16)17)9-4-11(19-2)14(18)12(5-9)20-3/h4-6,18H,1H2,2-3H3,(H,16,17). The molecule has 6 nitrogen and oxygen atoms in total. The van der Waals surface area contributed by atoms with E-state index in [9.17, 15) is 9.90 Å². The summed E-state index contributed by atoms with van der Waals surface area (Å²) in [5.74, 6) is -1.24. The van der Waals surface area contributed by atoms with Crippen molar-refractivity contribution in [2.45, 2.75) is 0 Å². The highest BCUT2D eigenvalue weighted by Gasteiger charge is 2.16. The number of benzene rings is 1. The summed E-state index contributed by atoms with van der Waals surface area (Å²) < 4.78 is 9.96. The van der Waals surface area contributed by atoms with Crippen molar-refractivity contribution in [2.75, 3.05) is 14.2 Å². The summed E-state index contributed by atoms with van der Waals surface area (Å²) in [6.45, 7) is 3.50. The van der Waals surface area contributed by atoms with Gasteiger partial charge in [-0.25, -0.2) is 4.79 Å². The van der Waals surface area contributed by atoms with Crippen molar-refractivity contribution in [3.05, 3.63) is 35.9 Å². The topological polar surface area (TPSA) is 99.8 Å². The molecule has 1 aromatic carbocycles. The zero-order chi connectivity index (χ0) is 15.3. The number of aromatic hydroxyl groups is 1. The summed E-state index contributed by atoms with van der Waals surface area (Å²) in [4.78, 5) is 10.8. The first-order valence-electron chi connectivity index (χ1n) is 5.44. The normalized spacial score (nSPS) is 10.6. The van der Waals surface area contributed by atoms with Gasteiger partial charge in [0, 0.05) is 11.6 Å². The highest BCUT2D eigenvalue weighted by Crippen LogP contribution is 2.39. The van der Waals surface area contributed by atoms with E-state index in [-0.39, 0.29) is 28.4 Å². The molecule has 6 heteroatoms. The fraction of sp³-hybridized carbons (Fsp3) is 0.143. The van der Waals surface area contributed by atoms with Gasteiger partial charge in [0.15, 0.2) is 11.5 Å². The van der Waals surface area contributed by atoms with Gasteiger partial charge in [-0.1, -0.05) is 6.58 Å². The Labute approximate surface area is 115 Å². The van der Waals surface area contributed by atoms with Crippen molar-refractivity contribution < 1.29 is 24.5 Å². The van der Waals surface area contributed by atoms with Crippen molar-refractivity contribution >= 4 is 11.5 Å². The minimum Gasteiger partial charge on any atom is -0.502 e. The van der Waals surface area contributed by atoms with Gasteiger partial charge in [0.1, 0.15) is 0 Å². The van der Waals surface area contributed by atoms with E-state index in [1.807, 2.05) is 0 Å². The van der Waals surface area contributed by atoms with Crippen LogP contribution in [0.15, 0.2) is 30.4 Å². The van der Waals surface area contributed by atoms with Crippen LogP contribution in [0.5, 0.6) is 17.2 Å². The van der Waals surface area contributed by atoms with Crippen molar-refractivity contribution in [3.8, 4) is 23.3 Å². The second kappa shape index (κ2) is 6.29. The van der Waals surface area contributed by atoms with E-state index in [2.05, 4.69) is 6.58 Å². The third-order valence-electron chi connectivity index (χ3n) is 2.52. The lowest BCUT2D eigenvalue weighted by Gasteiger charge is -2.12. The maximum atomic E-state index is 10.8. The molecule has 20 heavy (non-hydrogen) atoms. The summed E-state index contributed by atoms with van der Waals surface area (Å²) in [5, 5.41) is 27.5. The summed E-state index contributed by atoms with van der Waals surface area (Å²) in [5.41, 5.74) is 0.421. The number of carboxylic acids is 1. The zero-order valence-corrected chi connectivity index (χ0v) is 11.0. The molecular formula is C14H13NO5. The van der Waals surface area contributed by atoms with Crippen LogP contribution in [-0.4, -0.2) is 30.4 Å². The van der Waals surface area contributed by atoms with Crippen LogP contribution in [0, 0.1) is 11.3 Å². The molecule has 2 N–H and O–H groups in total. The van der Waals surface area contributed by atoms with Crippen molar-refractivity contribution in [2.24, 2.45) is 0 Å². The molecule has 0 radical (unpaired) electrons. The van der Waals surface area contributed by atoms with E-state index in [4.69, 9.17) is 19.8 Å². The van der Waals surface area contributed by atoms with Crippen LogP contribution in [0.4, 0.5) is 0 Å². The molecule has 0 saturated carbocycles. The lowest BCUT2D eigenvalue weighted by atomic mass is 9.98. The molecule has 0 spiro atoms. The molecule has 0 aliphatic heterocycles. The average Bonchev–Trinajstić information content (AvgIpc) is 2.44. The number of nitrogens with zero attached hydrogens (tertiary/aromatic N) is 1. The summed E-state index contributed by atoms with van der Waals surface area (Å²) in [6, 6.07) is 4.58. The van der Waals surface area contributed by atoms with Crippen molar-refractivity contribution in [3.63, 3.8) is 0 Å². The summed E-state index contributed by atoms with van der Waals surface area (Å²) >= 11 is 0. The molecule has 0 atom stereocenters. The Morgan fingerprint density at radius 1 is 1.35 bits per heavy atom. The third-order valence-corrected chi connectivity index (χ3v) is 2.52. The molecule has 0 aliphatic carbocycles. The van der Waals surface area contributed by atoms with Gasteiger partial charge in [-0.3, -0.25) is 0 Å². The fourth-order valence-corrected chi connectivity index (χ4v) is 1.58. The number of allylic oxidation sites excluding steroid dienone is 2. The number of rotatable bonds is 5. The molecule has 104 valence electrons. The molecule has 0 heterocycles. The van der Waals surface area contributed by atoms with E-state index in [0.717, 1.165) is 6.08 Å². The van der Waals surface area contributed by atoms with Crippen molar-refractivity contribution in [1.29, 1.82) is 5.26 Å². The van der Waals surface area contributed by atoms with Crippen LogP contribution in [0.1, 0.15) is 5.56 Å². The fourth-order valence-electron chi connectivity index (χ4n) is 1.58. The SMILES string of the molecule is C=C(C#N)C(=CC(=O)O)c1cc(OC)c(O)c(OC)c1. The maximum absolute atomic E-state index is 10.8. The largest absolute Gasteiger partial charge is 0.502 e. The third kappa shape index (κ3) is 3.09. The molecule has 0 aliphatic rings. The lowest BCUT2D eigenvalue weighted by Crippen LogP contribution is -1.97. The number of ether oxygens (including phenoxy) is 2. The Bertz CT molecular complexity index is 600. The first kappa shape index (κ1) is 15.1. The number of carbonyl (C=O) groups is 1. The number of phenols is 1. The first-order valence-corrected chi connectivity index (χ1v) is 5.44. The molecule has 1 aromatic rings. The molecule has 0 unspecified atom stereocenters. The minimum atomic E-state index is -1.22. The van der Waals surface area contributed by atoms with Crippen molar-refractivity contribution in [1.82, 2.24) is 0 Å². The predicted molar refractivity (Wildman–Crippen MR) is 71.6 cm³/mol. The Kier molecular flexibility index (Phi) is 4.76. The van der Waals surface area contributed by atoms with Crippen LogP contribution in [0.25, 0.3) is 5.57 Å². The van der Waals surface area contributed by atoms with E-state index in [1.54, 1.807) is 6.07 Å². The maximum Gasteiger partial charge on any atom is 0.328 e. The van der Waals surface area contributed by atoms with Gasteiger partial charge >= 0.3 is 5.97 Å². The molecule has 0 amide bonds. The van der Waals surface area contributed by atoms with E-state index >= 15 is 0 Å². The van der Waals surface area contributed by atoms with Crippen LogP contribution < -0.4 is 9.47 Å². The predicted octanol–water partition coefficient (Wildman–Crippen LogP) is 1.96. The van der Waals surface area contributed by atoms with Gasteiger partial charge in [-0.15, -0.1) is 0 Å². The van der Waals surface area contributed by atoms with Crippen LogP contribution in [0.3, 0.4) is 0 Å². The number of hydrogen-bond acceptors (Lipinski definition) is 5. The number of aliphatic carboxylic acids is 1. The Morgan fingerprint density at radius 2 is 1.85 bits per heavy atom. The van der Waals surface area contributed by atoms with Gasteiger partial charge in [0.25, 0.3) is 0 Å². The van der Waals surface area contributed by atoms with Crippen LogP contribution in [0.2, 0.25) is 0 Å². The van der Waals surface area contributed by atoms with Gasteiger partial charge in [0.2, 0.25) is 5.75 Å². The monoisotopic (exact) mass is 275 g/mol. The summed E-state index contributed by atoms with van der Waals surface area (Å²) in [7, 11) is 2.69. The average molecular weight is 275 g/mol. The molecule has 0 fully saturated rings. The molecule has 0 saturated heterocycles. The van der Waals surface area contributed by atoms with E-state index in [0.29, 0.717) is 5.56 Å². The number of nitriles is 1. The Balaban J connectivity index is 3.54. The second-order valence-corrected chi connectivity index (χ2v) is 3.72. The molecule has 0 bridgehead atoms. The Morgan fingerprint density at radius 3 is 2.20 bits per heavy atom. The number of phenolic OH excluding ortho intramolecular Hbond substituents is 1. The molecular weight excluding hydrogens is 262 g/mol. The zero-order valence-electron chi connectivity index (χ0n) is 11.0. The van der Waals surface area contributed by atoms with Crippen LogP contribution >= 0.6 is 0 Å². The van der Waals surface area contributed by atoms with Crippen LogP contribution in [-0.2, 0) is 4.79 Å². The van der Waals surface area contributed by atoms with Gasteiger partial charge < -0.3 is 19.7 Å². The van der Waals surface area contributed by atoms with Gasteiger partial charge in [-0.2, -0.15) is 5.26 Å². The quantitative estimate of drug-likeness (QED) is 0.484.